The lowest BCUT2D eigenvalue weighted by atomic mass is 10.3. The number of rotatable bonds is 7. The van der Waals surface area contributed by atoms with Crippen molar-refractivity contribution in [1.29, 1.82) is 0 Å². The fourth-order valence-corrected chi connectivity index (χ4v) is 1.65. The molecule has 0 bridgehead atoms. The molecule has 16 heavy (non-hydrogen) atoms. The first kappa shape index (κ1) is 12.5. The standard InChI is InChI=1S/C11H19N3O2/c1-3-5-13(6-4-2)10-7-12-14(8-10)9-11(15)16/h7-8H,3-6,9H2,1-2H3,(H,15,16). The van der Waals surface area contributed by atoms with E-state index in [-0.39, 0.29) is 6.54 Å². The van der Waals surface area contributed by atoms with Crippen molar-refractivity contribution in [2.75, 3.05) is 18.0 Å². The molecule has 0 spiro atoms. The Balaban J connectivity index is 2.68. The molecule has 1 aromatic rings. The van der Waals surface area contributed by atoms with Crippen molar-refractivity contribution in [3.8, 4) is 0 Å². The van der Waals surface area contributed by atoms with Gasteiger partial charge >= 0.3 is 5.97 Å². The summed E-state index contributed by atoms with van der Waals surface area (Å²) in [5.74, 6) is -0.868. The van der Waals surface area contributed by atoms with Gasteiger partial charge in [-0.2, -0.15) is 5.10 Å². The van der Waals surface area contributed by atoms with Gasteiger partial charge in [-0.25, -0.2) is 0 Å². The number of carboxylic acids is 1. The van der Waals surface area contributed by atoms with Crippen LogP contribution in [0.4, 0.5) is 5.69 Å². The predicted octanol–water partition coefficient (Wildman–Crippen LogP) is 1.59. The molecule has 1 N–H and O–H groups in total. The lowest BCUT2D eigenvalue weighted by Crippen LogP contribution is -2.24. The maximum absolute atomic E-state index is 10.5. The molecule has 0 atom stereocenters. The third-order valence-corrected chi connectivity index (χ3v) is 2.27. The largest absolute Gasteiger partial charge is 0.480 e. The Bertz CT molecular complexity index is 330. The van der Waals surface area contributed by atoms with Gasteiger partial charge in [-0.15, -0.1) is 0 Å². The topological polar surface area (TPSA) is 58.4 Å². The number of aliphatic carboxylic acids is 1. The van der Waals surface area contributed by atoms with Crippen LogP contribution in [-0.2, 0) is 11.3 Å². The molecule has 0 aliphatic rings. The highest BCUT2D eigenvalue weighted by molar-refractivity contribution is 5.66. The Morgan fingerprint density at radius 3 is 2.56 bits per heavy atom. The molecule has 0 unspecified atom stereocenters. The zero-order chi connectivity index (χ0) is 12.0. The van der Waals surface area contributed by atoms with Gasteiger partial charge in [0, 0.05) is 19.3 Å². The first-order valence-electron chi connectivity index (χ1n) is 5.66. The number of hydrogen-bond acceptors (Lipinski definition) is 3. The summed E-state index contributed by atoms with van der Waals surface area (Å²) in [4.78, 5) is 12.8. The minimum absolute atomic E-state index is 0.0773. The molecular formula is C11H19N3O2. The maximum Gasteiger partial charge on any atom is 0.325 e. The van der Waals surface area contributed by atoms with E-state index >= 15 is 0 Å². The van der Waals surface area contributed by atoms with Crippen LogP contribution in [0.3, 0.4) is 0 Å². The number of carboxylic acid groups (broad SMARTS) is 1. The van der Waals surface area contributed by atoms with Gasteiger partial charge in [-0.3, -0.25) is 9.48 Å². The van der Waals surface area contributed by atoms with Gasteiger partial charge in [0.15, 0.2) is 0 Å². The number of anilines is 1. The van der Waals surface area contributed by atoms with Crippen LogP contribution in [0.1, 0.15) is 26.7 Å². The third kappa shape index (κ3) is 3.56. The van der Waals surface area contributed by atoms with E-state index < -0.39 is 5.97 Å². The lowest BCUT2D eigenvalue weighted by Gasteiger charge is -2.21. The van der Waals surface area contributed by atoms with Gasteiger partial charge in [0.05, 0.1) is 11.9 Å². The van der Waals surface area contributed by atoms with Gasteiger partial charge in [0.1, 0.15) is 6.54 Å². The van der Waals surface area contributed by atoms with Crippen molar-refractivity contribution in [3.05, 3.63) is 12.4 Å². The molecule has 0 radical (unpaired) electrons. The highest BCUT2D eigenvalue weighted by atomic mass is 16.4. The zero-order valence-electron chi connectivity index (χ0n) is 9.89. The molecule has 0 saturated heterocycles. The summed E-state index contributed by atoms with van der Waals surface area (Å²) < 4.78 is 1.45. The Hall–Kier alpha value is -1.52. The summed E-state index contributed by atoms with van der Waals surface area (Å²) in [6.07, 6.45) is 5.67. The van der Waals surface area contributed by atoms with Crippen LogP contribution in [0.5, 0.6) is 0 Å². The molecule has 90 valence electrons. The van der Waals surface area contributed by atoms with Crippen LogP contribution >= 0.6 is 0 Å². The van der Waals surface area contributed by atoms with E-state index in [2.05, 4.69) is 23.8 Å². The van der Waals surface area contributed by atoms with E-state index in [0.29, 0.717) is 0 Å². The van der Waals surface area contributed by atoms with Crippen molar-refractivity contribution in [2.24, 2.45) is 0 Å². The zero-order valence-corrected chi connectivity index (χ0v) is 9.89. The Morgan fingerprint density at radius 1 is 1.44 bits per heavy atom. The third-order valence-electron chi connectivity index (χ3n) is 2.27. The average Bonchev–Trinajstić information content (AvgIpc) is 2.65. The molecule has 5 heteroatoms. The second-order valence-corrected chi connectivity index (χ2v) is 3.78. The molecule has 1 aromatic heterocycles. The maximum atomic E-state index is 10.5. The van der Waals surface area contributed by atoms with E-state index in [1.807, 2.05) is 0 Å². The smallest absolute Gasteiger partial charge is 0.325 e. The SMILES string of the molecule is CCCN(CCC)c1cnn(CC(=O)O)c1. The van der Waals surface area contributed by atoms with Crippen LogP contribution in [0.2, 0.25) is 0 Å². The highest BCUT2D eigenvalue weighted by Gasteiger charge is 2.08. The minimum Gasteiger partial charge on any atom is -0.480 e. The van der Waals surface area contributed by atoms with Gasteiger partial charge in [0.25, 0.3) is 0 Å². The summed E-state index contributed by atoms with van der Waals surface area (Å²) in [6, 6.07) is 0. The molecule has 0 saturated carbocycles. The van der Waals surface area contributed by atoms with Crippen molar-refractivity contribution < 1.29 is 9.90 Å². The second-order valence-electron chi connectivity index (χ2n) is 3.78. The van der Waals surface area contributed by atoms with Crippen molar-refractivity contribution in [1.82, 2.24) is 9.78 Å². The first-order chi connectivity index (χ1) is 7.67. The van der Waals surface area contributed by atoms with Crippen LogP contribution in [0.25, 0.3) is 0 Å². The Kier molecular flexibility index (Phi) is 4.82. The minimum atomic E-state index is -0.868. The molecular weight excluding hydrogens is 206 g/mol. The molecule has 1 heterocycles. The van der Waals surface area contributed by atoms with E-state index in [9.17, 15) is 4.79 Å². The summed E-state index contributed by atoms with van der Waals surface area (Å²) in [6.45, 7) is 6.14. The number of carbonyl (C=O) groups is 1. The van der Waals surface area contributed by atoms with Crippen molar-refractivity contribution in [3.63, 3.8) is 0 Å². The number of hydrogen-bond donors (Lipinski definition) is 1. The molecule has 0 amide bonds. The highest BCUT2D eigenvalue weighted by Crippen LogP contribution is 2.13. The van der Waals surface area contributed by atoms with Crippen LogP contribution in [0, 0.1) is 0 Å². The van der Waals surface area contributed by atoms with Crippen molar-refractivity contribution >= 4 is 11.7 Å². The van der Waals surface area contributed by atoms with Crippen molar-refractivity contribution in [2.45, 2.75) is 33.2 Å². The summed E-state index contributed by atoms with van der Waals surface area (Å²) in [5, 5.41) is 12.7. The number of aromatic nitrogens is 2. The van der Waals surface area contributed by atoms with Crippen LogP contribution < -0.4 is 4.90 Å². The Labute approximate surface area is 95.7 Å². The average molecular weight is 225 g/mol. The van der Waals surface area contributed by atoms with E-state index in [4.69, 9.17) is 5.11 Å². The van der Waals surface area contributed by atoms with Gasteiger partial charge in [-0.05, 0) is 12.8 Å². The van der Waals surface area contributed by atoms with Crippen LogP contribution in [0.15, 0.2) is 12.4 Å². The van der Waals surface area contributed by atoms with E-state index in [0.717, 1.165) is 31.6 Å². The fourth-order valence-electron chi connectivity index (χ4n) is 1.65. The molecule has 1 rings (SSSR count). The van der Waals surface area contributed by atoms with E-state index in [1.165, 1.54) is 4.68 Å². The van der Waals surface area contributed by atoms with Gasteiger partial charge in [0.2, 0.25) is 0 Å². The monoisotopic (exact) mass is 225 g/mol. The summed E-state index contributed by atoms with van der Waals surface area (Å²) >= 11 is 0. The molecule has 5 nitrogen and oxygen atoms in total. The number of nitrogens with zero attached hydrogens (tertiary/aromatic N) is 3. The van der Waals surface area contributed by atoms with E-state index in [1.54, 1.807) is 12.4 Å². The first-order valence-corrected chi connectivity index (χ1v) is 5.66. The Morgan fingerprint density at radius 2 is 2.06 bits per heavy atom. The fraction of sp³-hybridized carbons (Fsp3) is 0.636. The summed E-state index contributed by atoms with van der Waals surface area (Å²) in [5.41, 5.74) is 1.00. The van der Waals surface area contributed by atoms with Gasteiger partial charge in [-0.1, -0.05) is 13.8 Å². The quantitative estimate of drug-likeness (QED) is 0.765. The molecule has 0 aliphatic heterocycles. The molecule has 0 aromatic carbocycles. The molecule has 0 fully saturated rings. The second kappa shape index (κ2) is 6.15. The predicted molar refractivity (Wildman–Crippen MR) is 62.7 cm³/mol. The summed E-state index contributed by atoms with van der Waals surface area (Å²) in [7, 11) is 0. The lowest BCUT2D eigenvalue weighted by molar-refractivity contribution is -0.137. The van der Waals surface area contributed by atoms with Gasteiger partial charge < -0.3 is 10.0 Å². The molecule has 0 aliphatic carbocycles. The van der Waals surface area contributed by atoms with Crippen LogP contribution in [-0.4, -0.2) is 33.9 Å². The normalized spacial score (nSPS) is 10.4.